The highest BCUT2D eigenvalue weighted by Gasteiger charge is 2.24. The van der Waals surface area contributed by atoms with Crippen molar-refractivity contribution in [2.75, 3.05) is 11.3 Å². The van der Waals surface area contributed by atoms with Gasteiger partial charge in [-0.15, -0.1) is 0 Å². The predicted molar refractivity (Wildman–Crippen MR) is 136 cm³/mol. The van der Waals surface area contributed by atoms with Crippen LogP contribution >= 0.6 is 23.2 Å². The highest BCUT2D eigenvalue weighted by atomic mass is 35.5. The number of benzene rings is 3. The van der Waals surface area contributed by atoms with Crippen LogP contribution in [0.3, 0.4) is 0 Å². The highest BCUT2D eigenvalue weighted by Crippen LogP contribution is 2.36. The number of aryl methyl sites for hydroxylation is 1. The molecule has 0 fully saturated rings. The van der Waals surface area contributed by atoms with Gasteiger partial charge in [0.1, 0.15) is 4.90 Å². The molecule has 186 valence electrons. The third kappa shape index (κ3) is 4.43. The molecule has 8 nitrogen and oxygen atoms in total. The van der Waals surface area contributed by atoms with Gasteiger partial charge in [-0.05, 0) is 42.8 Å². The van der Waals surface area contributed by atoms with Crippen LogP contribution in [0.4, 0.5) is 10.1 Å². The molecule has 2 aromatic heterocycles. The molecule has 0 bridgehead atoms. The molecule has 3 aromatic carbocycles. The standard InChI is InChI=1S/C24H18Cl2FN3O5S/c25-14-9-10-16(23-21(14)15(26)13-28-23)29-36(32,33)20-8-3-7-19(22(20)27)34-12-4-11-30-17-5-1-2-6-18(17)35-24(30)31/h1-3,5-10,13,28-29H,4,11-12H2. The van der Waals surface area contributed by atoms with Gasteiger partial charge in [0.2, 0.25) is 0 Å². The van der Waals surface area contributed by atoms with Crippen LogP contribution in [-0.4, -0.2) is 24.6 Å². The maximum absolute atomic E-state index is 15.2. The molecule has 36 heavy (non-hydrogen) atoms. The largest absolute Gasteiger partial charge is 0.490 e. The number of nitrogens with one attached hydrogen (secondary N) is 2. The van der Waals surface area contributed by atoms with Crippen molar-refractivity contribution in [3.8, 4) is 5.75 Å². The van der Waals surface area contributed by atoms with Crippen molar-refractivity contribution in [2.45, 2.75) is 17.9 Å². The number of hydrogen-bond acceptors (Lipinski definition) is 5. The van der Waals surface area contributed by atoms with E-state index in [4.69, 9.17) is 32.4 Å². The number of para-hydroxylation sites is 2. The van der Waals surface area contributed by atoms with Gasteiger partial charge in [0, 0.05) is 18.1 Å². The van der Waals surface area contributed by atoms with Gasteiger partial charge in [0.25, 0.3) is 10.0 Å². The summed E-state index contributed by atoms with van der Waals surface area (Å²) in [7, 11) is -4.33. The number of hydrogen-bond donors (Lipinski definition) is 2. The lowest BCUT2D eigenvalue weighted by Crippen LogP contribution is -2.17. The third-order valence-corrected chi connectivity index (χ3v) is 7.55. The summed E-state index contributed by atoms with van der Waals surface area (Å²) in [4.78, 5) is 14.3. The average molecular weight is 550 g/mol. The Morgan fingerprint density at radius 3 is 2.69 bits per heavy atom. The van der Waals surface area contributed by atoms with Crippen LogP contribution in [0.2, 0.25) is 10.0 Å². The van der Waals surface area contributed by atoms with Gasteiger partial charge in [-0.3, -0.25) is 9.29 Å². The van der Waals surface area contributed by atoms with E-state index in [9.17, 15) is 13.2 Å². The van der Waals surface area contributed by atoms with Gasteiger partial charge in [-0.25, -0.2) is 17.6 Å². The van der Waals surface area contributed by atoms with Crippen LogP contribution in [0.1, 0.15) is 6.42 Å². The van der Waals surface area contributed by atoms with Crippen LogP contribution < -0.4 is 15.2 Å². The summed E-state index contributed by atoms with van der Waals surface area (Å²) in [5.74, 6) is -1.77. The summed E-state index contributed by atoms with van der Waals surface area (Å²) in [5, 5.41) is 1.11. The van der Waals surface area contributed by atoms with Crippen molar-refractivity contribution < 1.29 is 22.0 Å². The fourth-order valence-corrected chi connectivity index (χ4v) is 5.62. The fraction of sp³-hybridized carbons (Fsp3) is 0.125. The first-order chi connectivity index (χ1) is 17.3. The van der Waals surface area contributed by atoms with Crippen molar-refractivity contribution >= 4 is 60.9 Å². The van der Waals surface area contributed by atoms with Crippen molar-refractivity contribution in [3.05, 3.63) is 87.2 Å². The Morgan fingerprint density at radius 2 is 1.86 bits per heavy atom. The second kappa shape index (κ2) is 9.53. The number of anilines is 1. The van der Waals surface area contributed by atoms with Crippen LogP contribution in [0.5, 0.6) is 5.75 Å². The Balaban J connectivity index is 1.32. The summed E-state index contributed by atoms with van der Waals surface area (Å²) in [6.45, 7) is 0.320. The van der Waals surface area contributed by atoms with Crippen LogP contribution in [0.25, 0.3) is 22.0 Å². The smallest absolute Gasteiger partial charge is 0.419 e. The third-order valence-electron chi connectivity index (χ3n) is 5.56. The molecule has 0 spiro atoms. The lowest BCUT2D eigenvalue weighted by atomic mass is 10.2. The molecule has 5 aromatic rings. The normalized spacial score (nSPS) is 11.9. The fourth-order valence-electron chi connectivity index (χ4n) is 3.89. The van der Waals surface area contributed by atoms with Crippen molar-refractivity contribution in [3.63, 3.8) is 0 Å². The van der Waals surface area contributed by atoms with Gasteiger partial charge in [0.15, 0.2) is 17.1 Å². The summed E-state index contributed by atoms with van der Waals surface area (Å²) in [6.07, 6.45) is 1.83. The van der Waals surface area contributed by atoms with Crippen LogP contribution in [0, 0.1) is 5.82 Å². The zero-order valence-electron chi connectivity index (χ0n) is 18.4. The molecule has 0 aliphatic rings. The Morgan fingerprint density at radius 1 is 1.06 bits per heavy atom. The topological polar surface area (TPSA) is 106 Å². The molecule has 2 heterocycles. The molecule has 0 aliphatic heterocycles. The Hall–Kier alpha value is -3.47. The highest BCUT2D eigenvalue weighted by molar-refractivity contribution is 7.92. The first-order valence-electron chi connectivity index (χ1n) is 10.7. The maximum Gasteiger partial charge on any atom is 0.419 e. The van der Waals surface area contributed by atoms with E-state index in [2.05, 4.69) is 9.71 Å². The molecule has 0 saturated heterocycles. The summed E-state index contributed by atoms with van der Waals surface area (Å²) in [5.41, 5.74) is 1.64. The van der Waals surface area contributed by atoms with E-state index < -0.39 is 26.5 Å². The second-order valence-corrected chi connectivity index (χ2v) is 10.3. The van der Waals surface area contributed by atoms with E-state index in [0.717, 1.165) is 6.07 Å². The van der Waals surface area contributed by atoms with Crippen molar-refractivity contribution in [1.29, 1.82) is 0 Å². The van der Waals surface area contributed by atoms with Crippen molar-refractivity contribution in [2.24, 2.45) is 0 Å². The van der Waals surface area contributed by atoms with E-state index in [-0.39, 0.29) is 24.6 Å². The lowest BCUT2D eigenvalue weighted by Gasteiger charge is -2.13. The molecule has 2 N–H and O–H groups in total. The number of aromatic nitrogens is 2. The van der Waals surface area contributed by atoms with Gasteiger partial charge >= 0.3 is 5.76 Å². The van der Waals surface area contributed by atoms with E-state index in [1.165, 1.54) is 35.0 Å². The number of aromatic amines is 1. The molecule has 0 saturated carbocycles. The quantitative estimate of drug-likeness (QED) is 0.238. The monoisotopic (exact) mass is 549 g/mol. The van der Waals surface area contributed by atoms with Gasteiger partial charge in [0.05, 0.1) is 33.4 Å². The lowest BCUT2D eigenvalue weighted by molar-refractivity contribution is 0.284. The van der Waals surface area contributed by atoms with E-state index >= 15 is 4.39 Å². The maximum atomic E-state index is 15.2. The minimum absolute atomic E-state index is 0.0403. The minimum atomic E-state index is -4.33. The SMILES string of the molecule is O=c1oc2ccccc2n1CCCOc1cccc(S(=O)(=O)Nc2ccc(Cl)c3c(Cl)c[nH]c23)c1F. The molecule has 5 rings (SSSR count). The molecule has 12 heteroatoms. The molecule has 0 unspecified atom stereocenters. The number of H-pyrrole nitrogens is 1. The molecule has 0 amide bonds. The molecular formula is C24H18Cl2FN3O5S. The Bertz CT molecular complexity index is 1760. The van der Waals surface area contributed by atoms with Gasteiger partial charge in [-0.2, -0.15) is 0 Å². The number of fused-ring (bicyclic) bond motifs is 2. The first-order valence-corrected chi connectivity index (χ1v) is 13.0. The minimum Gasteiger partial charge on any atom is -0.490 e. The number of nitrogens with zero attached hydrogens (tertiary/aromatic N) is 1. The summed E-state index contributed by atoms with van der Waals surface area (Å²) >= 11 is 12.3. The summed E-state index contributed by atoms with van der Waals surface area (Å²) < 4.78 is 55.7. The van der Waals surface area contributed by atoms with Gasteiger partial charge < -0.3 is 14.1 Å². The zero-order valence-corrected chi connectivity index (χ0v) is 20.8. The Labute approximate surface area is 214 Å². The molecule has 0 radical (unpaired) electrons. The second-order valence-electron chi connectivity index (χ2n) is 7.84. The molecule has 0 aliphatic carbocycles. The van der Waals surface area contributed by atoms with E-state index in [1.54, 1.807) is 24.3 Å². The average Bonchev–Trinajstić information content (AvgIpc) is 3.39. The predicted octanol–water partition coefficient (Wildman–Crippen LogP) is 5.79. The summed E-state index contributed by atoms with van der Waals surface area (Å²) in [6, 6.07) is 13.8. The van der Waals surface area contributed by atoms with Crippen molar-refractivity contribution in [1.82, 2.24) is 9.55 Å². The Kier molecular flexibility index (Phi) is 6.42. The number of rotatable bonds is 8. The zero-order chi connectivity index (χ0) is 25.4. The van der Waals surface area contributed by atoms with Gasteiger partial charge in [-0.1, -0.05) is 41.4 Å². The first kappa shape index (κ1) is 24.2. The molecular weight excluding hydrogens is 532 g/mol. The van der Waals surface area contributed by atoms with E-state index in [0.29, 0.717) is 38.5 Å². The van der Waals surface area contributed by atoms with E-state index in [1.807, 2.05) is 0 Å². The van der Waals surface area contributed by atoms with Crippen LogP contribution in [0.15, 0.2) is 74.9 Å². The number of ether oxygens (including phenoxy) is 1. The number of halogens is 3. The number of sulfonamides is 1. The van der Waals surface area contributed by atoms with Crippen LogP contribution in [-0.2, 0) is 16.6 Å². The number of oxazole rings is 1. The molecule has 0 atom stereocenters.